The number of rotatable bonds is 4. The smallest absolute Gasteiger partial charge is 0.185 e. The highest BCUT2D eigenvalue weighted by molar-refractivity contribution is 6.24. The van der Waals surface area contributed by atoms with Crippen molar-refractivity contribution in [1.82, 2.24) is 0 Å². The lowest BCUT2D eigenvalue weighted by molar-refractivity contribution is 0.104. The number of ether oxygens (including phenoxy) is 1. The topological polar surface area (TPSA) is 26.3 Å². The van der Waals surface area contributed by atoms with Crippen LogP contribution in [0.15, 0.2) is 66.3 Å². The highest BCUT2D eigenvalue weighted by Gasteiger charge is 2.23. The van der Waals surface area contributed by atoms with Crippen LogP contribution in [0.3, 0.4) is 0 Å². The molecule has 0 N–H and O–H groups in total. The van der Waals surface area contributed by atoms with Crippen molar-refractivity contribution in [1.29, 1.82) is 0 Å². The Morgan fingerprint density at radius 2 is 2.11 bits per heavy atom. The number of hydrogen-bond acceptors (Lipinski definition) is 2. The second-order valence-electron chi connectivity index (χ2n) is 4.30. The Kier molecular flexibility index (Phi) is 4.35. The summed E-state index contributed by atoms with van der Waals surface area (Å²) in [7, 11) is 1.57. The Labute approximate surface area is 118 Å². The van der Waals surface area contributed by atoms with E-state index in [0.29, 0.717) is 12.0 Å². The number of halogens is 1. The number of carbonyl (C=O) groups is 1. The minimum Gasteiger partial charge on any atom is -0.359 e. The summed E-state index contributed by atoms with van der Waals surface area (Å²) in [6.07, 6.45) is 9.54. The first-order chi connectivity index (χ1) is 9.13. The van der Waals surface area contributed by atoms with Crippen molar-refractivity contribution in [3.05, 3.63) is 71.8 Å². The summed E-state index contributed by atoms with van der Waals surface area (Å²) in [6.45, 7) is 0. The average molecular weight is 275 g/mol. The van der Waals surface area contributed by atoms with Crippen LogP contribution in [0.25, 0.3) is 0 Å². The van der Waals surface area contributed by atoms with Crippen LogP contribution >= 0.6 is 11.6 Å². The molecule has 0 heterocycles. The molecule has 3 heteroatoms. The van der Waals surface area contributed by atoms with Crippen LogP contribution in [0.5, 0.6) is 0 Å². The zero-order valence-corrected chi connectivity index (χ0v) is 11.4. The molecule has 1 atom stereocenters. The first kappa shape index (κ1) is 13.8. The second kappa shape index (κ2) is 6.00. The van der Waals surface area contributed by atoms with Crippen molar-refractivity contribution >= 4 is 17.4 Å². The van der Waals surface area contributed by atoms with Gasteiger partial charge in [-0.3, -0.25) is 4.79 Å². The number of carbonyl (C=O) groups excluding carboxylic acids is 1. The Morgan fingerprint density at radius 1 is 1.37 bits per heavy atom. The first-order valence-corrected chi connectivity index (χ1v) is 6.42. The summed E-state index contributed by atoms with van der Waals surface area (Å²) in [5, 5.41) is -0.749. The molecule has 1 aliphatic carbocycles. The molecule has 0 radical (unpaired) electrons. The maximum absolute atomic E-state index is 11.9. The van der Waals surface area contributed by atoms with Crippen molar-refractivity contribution in [3.8, 4) is 0 Å². The number of hydrogen-bond donors (Lipinski definition) is 0. The first-order valence-electron chi connectivity index (χ1n) is 6.04. The molecule has 0 aromatic heterocycles. The highest BCUT2D eigenvalue weighted by atomic mass is 35.5. The number of allylic oxidation sites excluding steroid dienone is 4. The fourth-order valence-electron chi connectivity index (χ4n) is 1.76. The van der Waals surface area contributed by atoms with Gasteiger partial charge in [-0.15, -0.1) is 0 Å². The van der Waals surface area contributed by atoms with E-state index in [4.69, 9.17) is 16.3 Å². The molecule has 2 nitrogen and oxygen atoms in total. The molecular weight excluding hydrogens is 260 g/mol. The summed E-state index contributed by atoms with van der Waals surface area (Å²) in [5.41, 5.74) is 1.64. The highest BCUT2D eigenvalue weighted by Crippen LogP contribution is 2.28. The van der Waals surface area contributed by atoms with Gasteiger partial charge in [-0.25, -0.2) is 0 Å². The minimum absolute atomic E-state index is 0.00986. The molecule has 0 bridgehead atoms. The van der Waals surface area contributed by atoms with Gasteiger partial charge in [0.2, 0.25) is 0 Å². The molecule has 1 unspecified atom stereocenters. The van der Waals surface area contributed by atoms with Gasteiger partial charge in [0.05, 0.1) is 0 Å². The Balaban J connectivity index is 2.02. The zero-order chi connectivity index (χ0) is 13.7. The number of alkyl halides is 1. The van der Waals surface area contributed by atoms with E-state index < -0.39 is 5.06 Å². The lowest BCUT2D eigenvalue weighted by Crippen LogP contribution is -2.21. The van der Waals surface area contributed by atoms with E-state index in [0.717, 1.165) is 5.57 Å². The van der Waals surface area contributed by atoms with Crippen LogP contribution in [0, 0.1) is 0 Å². The van der Waals surface area contributed by atoms with Crippen molar-refractivity contribution in [2.45, 2.75) is 11.5 Å². The average Bonchev–Trinajstić information content (AvgIpc) is 2.47. The van der Waals surface area contributed by atoms with E-state index in [1.54, 1.807) is 37.5 Å². The summed E-state index contributed by atoms with van der Waals surface area (Å²) in [5.74, 6) is -0.00986. The van der Waals surface area contributed by atoms with Gasteiger partial charge in [-0.1, -0.05) is 60.2 Å². The van der Waals surface area contributed by atoms with E-state index in [1.165, 1.54) is 0 Å². The minimum atomic E-state index is -0.749. The Morgan fingerprint density at radius 3 is 2.68 bits per heavy atom. The van der Waals surface area contributed by atoms with Crippen molar-refractivity contribution in [3.63, 3.8) is 0 Å². The third-order valence-corrected chi connectivity index (χ3v) is 3.40. The van der Waals surface area contributed by atoms with E-state index in [-0.39, 0.29) is 5.78 Å². The largest absolute Gasteiger partial charge is 0.359 e. The third-order valence-electron chi connectivity index (χ3n) is 2.97. The summed E-state index contributed by atoms with van der Waals surface area (Å²) in [6, 6.07) is 9.18. The van der Waals surface area contributed by atoms with E-state index in [9.17, 15) is 4.79 Å². The van der Waals surface area contributed by atoms with Crippen LogP contribution in [0.4, 0.5) is 0 Å². The third kappa shape index (κ3) is 3.66. The SMILES string of the molecule is COC1(Cl)C=CC(C=CC(=O)c2ccccc2)=CC1. The lowest BCUT2D eigenvalue weighted by Gasteiger charge is -2.22. The van der Waals surface area contributed by atoms with Crippen molar-refractivity contribution < 1.29 is 9.53 Å². The lowest BCUT2D eigenvalue weighted by atomic mass is 10.0. The van der Waals surface area contributed by atoms with Gasteiger partial charge in [0.25, 0.3) is 0 Å². The Hall–Kier alpha value is -1.64. The maximum Gasteiger partial charge on any atom is 0.185 e. The zero-order valence-electron chi connectivity index (χ0n) is 10.7. The fourth-order valence-corrected chi connectivity index (χ4v) is 1.90. The fraction of sp³-hybridized carbons (Fsp3) is 0.188. The van der Waals surface area contributed by atoms with Crippen LogP contribution < -0.4 is 0 Å². The molecule has 1 aromatic carbocycles. The number of benzene rings is 1. The van der Waals surface area contributed by atoms with Crippen molar-refractivity contribution in [2.75, 3.05) is 7.11 Å². The number of methoxy groups -OCH3 is 1. The molecule has 0 aliphatic heterocycles. The van der Waals surface area contributed by atoms with Gasteiger partial charge in [-0.05, 0) is 17.7 Å². The molecule has 1 aromatic rings. The molecule has 19 heavy (non-hydrogen) atoms. The molecule has 0 fully saturated rings. The van der Waals surface area contributed by atoms with Crippen LogP contribution in [0.2, 0.25) is 0 Å². The summed E-state index contributed by atoms with van der Waals surface area (Å²) < 4.78 is 5.16. The molecule has 98 valence electrons. The molecule has 0 spiro atoms. The van der Waals surface area contributed by atoms with Crippen LogP contribution in [-0.4, -0.2) is 18.0 Å². The standard InChI is InChI=1S/C16H15ClO2/c1-19-16(17)11-9-13(10-12-16)7-8-15(18)14-5-3-2-4-6-14/h2-11H,12H2,1H3. The molecule has 0 saturated carbocycles. The van der Waals surface area contributed by atoms with E-state index >= 15 is 0 Å². The van der Waals surface area contributed by atoms with E-state index in [2.05, 4.69) is 0 Å². The molecular formula is C16H15ClO2. The van der Waals surface area contributed by atoms with Crippen LogP contribution in [0.1, 0.15) is 16.8 Å². The molecule has 1 aliphatic rings. The summed E-state index contributed by atoms with van der Waals surface area (Å²) >= 11 is 6.14. The van der Waals surface area contributed by atoms with Gasteiger partial charge < -0.3 is 4.74 Å². The predicted octanol–water partition coefficient (Wildman–Crippen LogP) is 3.89. The van der Waals surface area contributed by atoms with Gasteiger partial charge in [0.15, 0.2) is 10.8 Å². The molecule has 2 rings (SSSR count). The van der Waals surface area contributed by atoms with Gasteiger partial charge in [-0.2, -0.15) is 0 Å². The second-order valence-corrected chi connectivity index (χ2v) is 4.94. The maximum atomic E-state index is 11.9. The van der Waals surface area contributed by atoms with E-state index in [1.807, 2.05) is 30.4 Å². The van der Waals surface area contributed by atoms with Gasteiger partial charge in [0, 0.05) is 19.1 Å². The van der Waals surface area contributed by atoms with Gasteiger partial charge in [0.1, 0.15) is 0 Å². The summed E-state index contributed by atoms with van der Waals surface area (Å²) in [4.78, 5) is 11.9. The Bertz CT molecular complexity index is 543. The molecule has 0 amide bonds. The monoisotopic (exact) mass is 274 g/mol. The van der Waals surface area contributed by atoms with Crippen molar-refractivity contribution in [2.24, 2.45) is 0 Å². The predicted molar refractivity (Wildman–Crippen MR) is 77.3 cm³/mol. The van der Waals surface area contributed by atoms with Crippen LogP contribution in [-0.2, 0) is 4.74 Å². The molecule has 0 saturated heterocycles. The normalized spacial score (nSPS) is 22.5. The number of ketones is 1. The van der Waals surface area contributed by atoms with Gasteiger partial charge >= 0.3 is 0 Å². The quantitative estimate of drug-likeness (QED) is 0.473.